The van der Waals surface area contributed by atoms with Crippen LogP contribution in [0.5, 0.6) is 0 Å². The fourth-order valence-electron chi connectivity index (χ4n) is 0.936. The molecule has 0 fully saturated rings. The van der Waals surface area contributed by atoms with E-state index < -0.39 is 0 Å². The number of aromatic nitrogens is 2. The van der Waals surface area contributed by atoms with Crippen LogP contribution in [0, 0.1) is 6.92 Å². The van der Waals surface area contributed by atoms with E-state index in [1.165, 1.54) is 6.92 Å². The predicted molar refractivity (Wildman–Crippen MR) is 56.8 cm³/mol. The van der Waals surface area contributed by atoms with E-state index in [0.29, 0.717) is 6.54 Å². The van der Waals surface area contributed by atoms with Crippen molar-refractivity contribution in [2.75, 3.05) is 0 Å². The average Bonchev–Trinajstić information content (AvgIpc) is 2.47. The van der Waals surface area contributed by atoms with Crippen molar-refractivity contribution < 1.29 is 4.79 Å². The second kappa shape index (κ2) is 6.18. The standard InChI is InChI=1S/C8H13N3O.C2H6/c1-6-4-8(10-11(6)3)5-9-7(2)12;1-2/h4H,5H2,1-3H3,(H,9,12);1-2H3. The molecule has 0 aromatic carbocycles. The minimum atomic E-state index is -0.0293. The molecule has 1 rings (SSSR count). The number of nitrogens with one attached hydrogen (secondary N) is 1. The lowest BCUT2D eigenvalue weighted by molar-refractivity contribution is -0.119. The number of hydrogen-bond donors (Lipinski definition) is 1. The second-order valence-electron chi connectivity index (χ2n) is 2.81. The van der Waals surface area contributed by atoms with E-state index >= 15 is 0 Å². The summed E-state index contributed by atoms with van der Waals surface area (Å²) in [6.07, 6.45) is 0. The van der Waals surface area contributed by atoms with Gasteiger partial charge >= 0.3 is 0 Å². The lowest BCUT2D eigenvalue weighted by Crippen LogP contribution is -2.19. The zero-order valence-electron chi connectivity index (χ0n) is 9.59. The number of carbonyl (C=O) groups excluding carboxylic acids is 1. The molecule has 14 heavy (non-hydrogen) atoms. The molecule has 0 aliphatic carbocycles. The van der Waals surface area contributed by atoms with Crippen molar-refractivity contribution in [1.29, 1.82) is 0 Å². The van der Waals surface area contributed by atoms with E-state index in [-0.39, 0.29) is 5.91 Å². The normalized spacial score (nSPS) is 8.93. The largest absolute Gasteiger partial charge is 0.351 e. The maximum Gasteiger partial charge on any atom is 0.217 e. The third kappa shape index (κ3) is 4.07. The summed E-state index contributed by atoms with van der Waals surface area (Å²) in [5.41, 5.74) is 1.99. The van der Waals surface area contributed by atoms with Gasteiger partial charge in [-0.15, -0.1) is 0 Å². The van der Waals surface area contributed by atoms with Crippen LogP contribution in [0.3, 0.4) is 0 Å². The van der Waals surface area contributed by atoms with Crippen molar-refractivity contribution in [3.63, 3.8) is 0 Å². The molecule has 0 spiro atoms. The van der Waals surface area contributed by atoms with Crippen LogP contribution in [-0.2, 0) is 18.4 Å². The number of carbonyl (C=O) groups is 1. The first-order chi connectivity index (χ1) is 6.59. The summed E-state index contributed by atoms with van der Waals surface area (Å²) < 4.78 is 1.79. The first kappa shape index (κ1) is 12.7. The van der Waals surface area contributed by atoms with Gasteiger partial charge in [-0.25, -0.2) is 0 Å². The molecule has 1 aromatic rings. The van der Waals surface area contributed by atoms with Crippen molar-refractivity contribution in [2.45, 2.75) is 34.2 Å². The summed E-state index contributed by atoms with van der Waals surface area (Å²) in [4.78, 5) is 10.6. The van der Waals surface area contributed by atoms with E-state index in [2.05, 4.69) is 10.4 Å². The molecule has 0 aliphatic rings. The van der Waals surface area contributed by atoms with Gasteiger partial charge in [0.05, 0.1) is 12.2 Å². The molecule has 1 aromatic heterocycles. The molecule has 0 saturated heterocycles. The van der Waals surface area contributed by atoms with Crippen molar-refractivity contribution >= 4 is 5.91 Å². The highest BCUT2D eigenvalue weighted by Crippen LogP contribution is 1.99. The van der Waals surface area contributed by atoms with Crippen molar-refractivity contribution in [3.8, 4) is 0 Å². The summed E-state index contributed by atoms with van der Waals surface area (Å²) in [6.45, 7) is 7.98. The molecule has 0 bridgehead atoms. The predicted octanol–water partition coefficient (Wildman–Crippen LogP) is 1.39. The van der Waals surface area contributed by atoms with Gasteiger partial charge in [0.1, 0.15) is 0 Å². The molecule has 0 radical (unpaired) electrons. The van der Waals surface area contributed by atoms with Gasteiger partial charge in [0.25, 0.3) is 0 Å². The monoisotopic (exact) mass is 197 g/mol. The Morgan fingerprint density at radius 2 is 2.14 bits per heavy atom. The SMILES string of the molecule is CC.CC(=O)NCc1cc(C)n(C)n1. The topological polar surface area (TPSA) is 46.9 Å². The van der Waals surface area contributed by atoms with E-state index in [1.807, 2.05) is 33.9 Å². The third-order valence-electron chi connectivity index (χ3n) is 1.68. The first-order valence-corrected chi connectivity index (χ1v) is 4.83. The number of hydrogen-bond acceptors (Lipinski definition) is 2. The second-order valence-corrected chi connectivity index (χ2v) is 2.81. The molecule has 0 saturated carbocycles. The summed E-state index contributed by atoms with van der Waals surface area (Å²) >= 11 is 0. The Labute approximate surface area is 85.3 Å². The molecule has 0 atom stereocenters. The lowest BCUT2D eigenvalue weighted by Gasteiger charge is -1.96. The zero-order chi connectivity index (χ0) is 11.1. The van der Waals surface area contributed by atoms with Crippen LogP contribution < -0.4 is 5.32 Å². The van der Waals surface area contributed by atoms with Gasteiger partial charge in [0, 0.05) is 19.7 Å². The maximum atomic E-state index is 10.6. The summed E-state index contributed by atoms with van der Waals surface area (Å²) in [5.74, 6) is -0.0293. The number of amides is 1. The molecule has 4 heteroatoms. The third-order valence-corrected chi connectivity index (χ3v) is 1.68. The number of nitrogens with zero attached hydrogens (tertiary/aromatic N) is 2. The minimum Gasteiger partial charge on any atom is -0.351 e. The minimum absolute atomic E-state index is 0.0293. The van der Waals surface area contributed by atoms with Gasteiger partial charge in [-0.1, -0.05) is 13.8 Å². The van der Waals surface area contributed by atoms with Crippen molar-refractivity contribution in [2.24, 2.45) is 7.05 Å². The van der Waals surface area contributed by atoms with E-state index in [4.69, 9.17) is 0 Å². The Balaban J connectivity index is 0.000000791. The molecule has 1 amide bonds. The number of rotatable bonds is 2. The highest BCUT2D eigenvalue weighted by atomic mass is 16.1. The molecule has 80 valence electrons. The van der Waals surface area contributed by atoms with Gasteiger partial charge in [0.15, 0.2) is 0 Å². The van der Waals surface area contributed by atoms with Crippen LogP contribution in [0.1, 0.15) is 32.2 Å². The van der Waals surface area contributed by atoms with Gasteiger partial charge in [-0.3, -0.25) is 9.48 Å². The van der Waals surface area contributed by atoms with Crippen LogP contribution in [0.25, 0.3) is 0 Å². The van der Waals surface area contributed by atoms with Crippen LogP contribution in [0.2, 0.25) is 0 Å². The smallest absolute Gasteiger partial charge is 0.217 e. The van der Waals surface area contributed by atoms with Crippen LogP contribution in [0.15, 0.2) is 6.07 Å². The van der Waals surface area contributed by atoms with Gasteiger partial charge in [-0.05, 0) is 13.0 Å². The van der Waals surface area contributed by atoms with E-state index in [0.717, 1.165) is 11.4 Å². The Morgan fingerprint density at radius 1 is 1.57 bits per heavy atom. The Morgan fingerprint density at radius 3 is 2.50 bits per heavy atom. The molecular weight excluding hydrogens is 178 g/mol. The van der Waals surface area contributed by atoms with Gasteiger partial charge < -0.3 is 5.32 Å². The Hall–Kier alpha value is -1.32. The van der Waals surface area contributed by atoms with Crippen molar-refractivity contribution in [3.05, 3.63) is 17.5 Å². The quantitative estimate of drug-likeness (QED) is 0.778. The van der Waals surface area contributed by atoms with Crippen LogP contribution in [-0.4, -0.2) is 15.7 Å². The maximum absolute atomic E-state index is 10.6. The lowest BCUT2D eigenvalue weighted by atomic mass is 10.4. The van der Waals surface area contributed by atoms with Crippen molar-refractivity contribution in [1.82, 2.24) is 15.1 Å². The van der Waals surface area contributed by atoms with Gasteiger partial charge in [0.2, 0.25) is 5.91 Å². The summed E-state index contributed by atoms with van der Waals surface area (Å²) in [6, 6.07) is 1.95. The molecule has 0 aliphatic heterocycles. The van der Waals surface area contributed by atoms with E-state index in [9.17, 15) is 4.79 Å². The zero-order valence-corrected chi connectivity index (χ0v) is 9.59. The molecule has 0 unspecified atom stereocenters. The fourth-order valence-corrected chi connectivity index (χ4v) is 0.936. The Kier molecular flexibility index (Phi) is 5.60. The highest BCUT2D eigenvalue weighted by Gasteiger charge is 2.00. The summed E-state index contributed by atoms with van der Waals surface area (Å²) in [5, 5.41) is 6.87. The fraction of sp³-hybridized carbons (Fsp3) is 0.600. The van der Waals surface area contributed by atoms with E-state index in [1.54, 1.807) is 4.68 Å². The molecular formula is C10H19N3O. The van der Waals surface area contributed by atoms with Gasteiger partial charge in [-0.2, -0.15) is 5.10 Å². The Bertz CT molecular complexity index is 272. The first-order valence-electron chi connectivity index (χ1n) is 4.83. The molecule has 4 nitrogen and oxygen atoms in total. The molecule has 1 N–H and O–H groups in total. The van der Waals surface area contributed by atoms with Crippen LogP contribution >= 0.6 is 0 Å². The summed E-state index contributed by atoms with van der Waals surface area (Å²) in [7, 11) is 1.88. The highest BCUT2D eigenvalue weighted by molar-refractivity contribution is 5.72. The number of aryl methyl sites for hydroxylation is 2. The average molecular weight is 197 g/mol. The molecule has 1 heterocycles. The van der Waals surface area contributed by atoms with Crippen LogP contribution in [0.4, 0.5) is 0 Å².